The molecule has 0 N–H and O–H groups in total. The first kappa shape index (κ1) is 29.9. The number of benzene rings is 8. The molecule has 0 atom stereocenters. The van der Waals surface area contributed by atoms with Crippen LogP contribution in [0.15, 0.2) is 133 Å². The van der Waals surface area contributed by atoms with E-state index in [1.165, 1.54) is 98.7 Å². The van der Waals surface area contributed by atoms with E-state index in [0.29, 0.717) is 0 Å². The summed E-state index contributed by atoms with van der Waals surface area (Å²) in [7, 11) is 0. The van der Waals surface area contributed by atoms with E-state index in [1.54, 1.807) is 0 Å². The van der Waals surface area contributed by atoms with Gasteiger partial charge in [-0.3, -0.25) is 0 Å². The Kier molecular flexibility index (Phi) is 6.99. The first-order valence-electron chi connectivity index (χ1n) is 18.1. The molecule has 0 saturated heterocycles. The third-order valence-corrected chi connectivity index (χ3v) is 11.3. The number of rotatable bonds is 6. The normalized spacial score (nSPS) is 13.4. The van der Waals surface area contributed by atoms with E-state index in [9.17, 15) is 0 Å². The molecule has 0 aliphatic heterocycles. The monoisotopic (exact) mass is 630 g/mol. The van der Waals surface area contributed by atoms with Crippen molar-refractivity contribution in [2.75, 3.05) is 0 Å². The Labute approximate surface area is 290 Å². The Bertz CT molecular complexity index is 2420. The molecule has 9 rings (SSSR count). The summed E-state index contributed by atoms with van der Waals surface area (Å²) in [4.78, 5) is 0. The average Bonchev–Trinajstić information content (AvgIpc) is 3.37. The van der Waals surface area contributed by atoms with Crippen molar-refractivity contribution in [2.45, 2.75) is 58.8 Å². The van der Waals surface area contributed by atoms with Gasteiger partial charge in [0.1, 0.15) is 0 Å². The zero-order valence-corrected chi connectivity index (χ0v) is 29.0. The molecule has 0 unspecified atom stereocenters. The van der Waals surface area contributed by atoms with Crippen LogP contribution in [0.25, 0.3) is 76.5 Å². The summed E-state index contributed by atoms with van der Waals surface area (Å²) in [6, 6.07) is 51.2. The lowest BCUT2D eigenvalue weighted by Gasteiger charge is -2.32. The molecule has 1 aliphatic rings. The standard InChI is InChI=1S/C49H42/c1-5-19-49(20-6-2)47-29-37(43-23-31(3)21-39-25-33-11-7-9-13-35(33)27-45(39)43)15-17-41(47)42-18-16-38(30-48(42)49)44-24-32(4)22-40-26-34-12-8-10-14-36(34)28-46(40)44/h7-18,21-30H,5-6,19-20H2,1-4H3. The number of hydrogen-bond donors (Lipinski definition) is 0. The highest BCUT2D eigenvalue weighted by Crippen LogP contribution is 2.56. The third-order valence-electron chi connectivity index (χ3n) is 11.3. The maximum absolute atomic E-state index is 2.57. The minimum Gasteiger partial charge on any atom is -0.0653 e. The molecule has 0 amide bonds. The van der Waals surface area contributed by atoms with Gasteiger partial charge in [0.15, 0.2) is 0 Å². The second-order valence-electron chi connectivity index (χ2n) is 14.6. The van der Waals surface area contributed by atoms with E-state index in [4.69, 9.17) is 0 Å². The summed E-state index contributed by atoms with van der Waals surface area (Å²) in [6.07, 6.45) is 4.58. The van der Waals surface area contributed by atoms with E-state index < -0.39 is 0 Å². The van der Waals surface area contributed by atoms with Gasteiger partial charge in [-0.1, -0.05) is 124 Å². The SMILES string of the molecule is CCCC1(CCC)c2cc(-c3cc(C)cc4cc5ccccc5cc34)ccc2-c2ccc(-c3cc(C)cc4cc5ccccc5cc34)cc21. The number of aryl methyl sites for hydroxylation is 2. The van der Waals surface area contributed by atoms with Gasteiger partial charge in [-0.2, -0.15) is 0 Å². The fraction of sp³-hybridized carbons (Fsp3) is 0.184. The highest BCUT2D eigenvalue weighted by Gasteiger charge is 2.42. The van der Waals surface area contributed by atoms with E-state index >= 15 is 0 Å². The van der Waals surface area contributed by atoms with Gasteiger partial charge in [0.05, 0.1) is 0 Å². The molecule has 0 nitrogen and oxygen atoms in total. The zero-order valence-electron chi connectivity index (χ0n) is 29.0. The smallest absolute Gasteiger partial charge is 0.0215 e. The molecule has 0 heterocycles. The van der Waals surface area contributed by atoms with Crippen molar-refractivity contribution in [3.63, 3.8) is 0 Å². The van der Waals surface area contributed by atoms with Gasteiger partial charge in [-0.05, 0) is 162 Å². The average molecular weight is 631 g/mol. The van der Waals surface area contributed by atoms with Crippen molar-refractivity contribution in [1.82, 2.24) is 0 Å². The molecular formula is C49H42. The van der Waals surface area contributed by atoms with Crippen molar-refractivity contribution in [1.29, 1.82) is 0 Å². The lowest BCUT2D eigenvalue weighted by Crippen LogP contribution is -2.25. The molecular weight excluding hydrogens is 589 g/mol. The van der Waals surface area contributed by atoms with Crippen LogP contribution in [0.3, 0.4) is 0 Å². The minimum absolute atomic E-state index is 0.0150. The molecule has 1 aliphatic carbocycles. The van der Waals surface area contributed by atoms with Crippen molar-refractivity contribution >= 4 is 43.1 Å². The summed E-state index contributed by atoms with van der Waals surface area (Å²) in [6.45, 7) is 9.19. The predicted molar refractivity (Wildman–Crippen MR) is 213 cm³/mol. The van der Waals surface area contributed by atoms with Crippen LogP contribution in [0.1, 0.15) is 61.8 Å². The van der Waals surface area contributed by atoms with Gasteiger partial charge in [-0.15, -0.1) is 0 Å². The van der Waals surface area contributed by atoms with Gasteiger partial charge in [0.25, 0.3) is 0 Å². The molecule has 0 spiro atoms. The van der Waals surface area contributed by atoms with Crippen LogP contribution in [0.4, 0.5) is 0 Å². The maximum Gasteiger partial charge on any atom is 0.0215 e. The molecule has 8 aromatic rings. The Morgan fingerprint density at radius 3 is 1.20 bits per heavy atom. The van der Waals surface area contributed by atoms with Crippen LogP contribution in [0.5, 0.6) is 0 Å². The summed E-state index contributed by atoms with van der Waals surface area (Å²) in [5.41, 5.74) is 13.8. The van der Waals surface area contributed by atoms with Gasteiger partial charge in [0, 0.05) is 5.41 Å². The van der Waals surface area contributed by atoms with Gasteiger partial charge < -0.3 is 0 Å². The number of hydrogen-bond acceptors (Lipinski definition) is 0. The topological polar surface area (TPSA) is 0 Å². The van der Waals surface area contributed by atoms with Crippen molar-refractivity contribution in [2.24, 2.45) is 0 Å². The maximum atomic E-state index is 2.57. The molecule has 238 valence electrons. The van der Waals surface area contributed by atoms with Crippen LogP contribution >= 0.6 is 0 Å². The lowest BCUT2D eigenvalue weighted by atomic mass is 9.70. The summed E-state index contributed by atoms with van der Waals surface area (Å²) in [5.74, 6) is 0. The Balaban J connectivity index is 1.25. The highest BCUT2D eigenvalue weighted by atomic mass is 14.4. The molecule has 0 aromatic heterocycles. The van der Waals surface area contributed by atoms with Crippen LogP contribution in [0, 0.1) is 13.8 Å². The van der Waals surface area contributed by atoms with Crippen molar-refractivity contribution in [3.05, 3.63) is 156 Å². The van der Waals surface area contributed by atoms with Crippen LogP contribution in [0.2, 0.25) is 0 Å². The van der Waals surface area contributed by atoms with E-state index in [-0.39, 0.29) is 5.41 Å². The number of fused-ring (bicyclic) bond motifs is 7. The van der Waals surface area contributed by atoms with Crippen LogP contribution in [-0.4, -0.2) is 0 Å². The Morgan fingerprint density at radius 1 is 0.388 bits per heavy atom. The molecule has 0 fully saturated rings. The fourth-order valence-corrected chi connectivity index (χ4v) is 9.23. The first-order chi connectivity index (χ1) is 24.0. The van der Waals surface area contributed by atoms with Gasteiger partial charge in [0.2, 0.25) is 0 Å². The molecule has 0 radical (unpaired) electrons. The van der Waals surface area contributed by atoms with Crippen molar-refractivity contribution in [3.8, 4) is 33.4 Å². The zero-order chi connectivity index (χ0) is 33.3. The summed E-state index contributed by atoms with van der Waals surface area (Å²) >= 11 is 0. The highest BCUT2D eigenvalue weighted by molar-refractivity contribution is 6.07. The quantitative estimate of drug-likeness (QED) is 0.160. The van der Waals surface area contributed by atoms with Gasteiger partial charge in [-0.25, -0.2) is 0 Å². The Hall–Kier alpha value is -5.20. The molecule has 0 heteroatoms. The second kappa shape index (κ2) is 11.5. The second-order valence-corrected chi connectivity index (χ2v) is 14.6. The largest absolute Gasteiger partial charge is 0.0653 e. The Morgan fingerprint density at radius 2 is 0.796 bits per heavy atom. The summed E-state index contributed by atoms with van der Waals surface area (Å²) < 4.78 is 0. The third kappa shape index (κ3) is 4.72. The molecule has 49 heavy (non-hydrogen) atoms. The van der Waals surface area contributed by atoms with Crippen molar-refractivity contribution < 1.29 is 0 Å². The fourth-order valence-electron chi connectivity index (χ4n) is 9.23. The molecule has 0 saturated carbocycles. The molecule has 0 bridgehead atoms. The van der Waals surface area contributed by atoms with E-state index in [0.717, 1.165) is 25.7 Å². The van der Waals surface area contributed by atoms with Gasteiger partial charge >= 0.3 is 0 Å². The van der Waals surface area contributed by atoms with Crippen LogP contribution < -0.4 is 0 Å². The van der Waals surface area contributed by atoms with E-state index in [1.807, 2.05) is 0 Å². The molecule has 8 aromatic carbocycles. The first-order valence-corrected chi connectivity index (χ1v) is 18.1. The van der Waals surface area contributed by atoms with Crippen LogP contribution in [-0.2, 0) is 5.41 Å². The predicted octanol–water partition coefficient (Wildman–Crippen LogP) is 14.1. The summed E-state index contributed by atoms with van der Waals surface area (Å²) in [5, 5.41) is 10.5. The lowest BCUT2D eigenvalue weighted by molar-refractivity contribution is 0.436. The minimum atomic E-state index is -0.0150. The van der Waals surface area contributed by atoms with E-state index in [2.05, 4.69) is 161 Å².